The first-order valence-corrected chi connectivity index (χ1v) is 12.3. The van der Waals surface area contributed by atoms with Gasteiger partial charge in [-0.2, -0.15) is 39.5 Å². The van der Waals surface area contributed by atoms with E-state index in [-0.39, 0.29) is 30.2 Å². The lowest BCUT2D eigenvalue weighted by atomic mass is 9.87. The predicted molar refractivity (Wildman–Crippen MR) is 131 cm³/mol. The number of alkyl halides is 9. The minimum absolute atomic E-state index is 0.0157. The lowest BCUT2D eigenvalue weighted by Gasteiger charge is -2.44. The van der Waals surface area contributed by atoms with Gasteiger partial charge in [-0.15, -0.1) is 0 Å². The molecule has 0 bridgehead atoms. The standard InChI is InChI=1S/C26H27F9N4O2/c1-4-18-11-21(19-10-15(24(27,28)29)5-6-20(19)39(18)23(40)41-13(2)3)38(22(36)37)12-14-7-16(25(30,31)32)9-17(8-14)26(33,34)35/h5-10,13,18,21H,4,11-12H2,1-3H3,(H3,36,37). The van der Waals surface area contributed by atoms with Gasteiger partial charge in [0.05, 0.1) is 34.5 Å². The number of nitrogens with one attached hydrogen (secondary N) is 1. The second-order valence-electron chi connectivity index (χ2n) is 9.81. The molecule has 3 N–H and O–H groups in total. The number of carbonyl (C=O) groups excluding carboxylic acids is 1. The third-order valence-electron chi connectivity index (χ3n) is 6.52. The van der Waals surface area contributed by atoms with Crippen LogP contribution in [0, 0.1) is 5.41 Å². The van der Waals surface area contributed by atoms with E-state index in [1.807, 2.05) is 0 Å². The first-order valence-electron chi connectivity index (χ1n) is 12.3. The van der Waals surface area contributed by atoms with Crippen molar-refractivity contribution in [3.63, 3.8) is 0 Å². The van der Waals surface area contributed by atoms with Gasteiger partial charge in [0.15, 0.2) is 5.96 Å². The van der Waals surface area contributed by atoms with Crippen molar-refractivity contribution < 1.29 is 49.0 Å². The van der Waals surface area contributed by atoms with E-state index in [4.69, 9.17) is 15.9 Å². The average molecular weight is 599 g/mol. The highest BCUT2D eigenvalue weighted by Gasteiger charge is 2.42. The first kappa shape index (κ1) is 31.9. The number of nitrogens with zero attached hydrogens (tertiary/aromatic N) is 2. The molecule has 15 heteroatoms. The number of anilines is 1. The fourth-order valence-electron chi connectivity index (χ4n) is 4.72. The van der Waals surface area contributed by atoms with Gasteiger partial charge in [-0.25, -0.2) is 4.79 Å². The Balaban J connectivity index is 2.20. The largest absolute Gasteiger partial charge is 0.446 e. The molecular formula is C26H27F9N4O2. The Morgan fingerprint density at radius 3 is 1.95 bits per heavy atom. The summed E-state index contributed by atoms with van der Waals surface area (Å²) >= 11 is 0. The van der Waals surface area contributed by atoms with Crippen molar-refractivity contribution in [2.24, 2.45) is 5.73 Å². The number of hydrogen-bond donors (Lipinski definition) is 2. The number of fused-ring (bicyclic) bond motifs is 1. The van der Waals surface area contributed by atoms with E-state index < -0.39 is 77.6 Å². The quantitative estimate of drug-likeness (QED) is 0.210. The molecule has 2 unspecified atom stereocenters. The minimum Gasteiger partial charge on any atom is -0.446 e. The van der Waals surface area contributed by atoms with Crippen LogP contribution in [0.3, 0.4) is 0 Å². The fourth-order valence-corrected chi connectivity index (χ4v) is 4.72. The second kappa shape index (κ2) is 11.3. The number of rotatable bonds is 5. The maximum absolute atomic E-state index is 13.7. The highest BCUT2D eigenvalue weighted by molar-refractivity contribution is 5.91. The molecule has 1 amide bonds. The van der Waals surface area contributed by atoms with Gasteiger partial charge in [0.2, 0.25) is 0 Å². The summed E-state index contributed by atoms with van der Waals surface area (Å²) in [6, 6.07) is 1.44. The molecule has 0 saturated carbocycles. The molecule has 1 aliphatic heterocycles. The molecule has 2 atom stereocenters. The smallest absolute Gasteiger partial charge is 0.416 e. The maximum atomic E-state index is 13.7. The lowest BCUT2D eigenvalue weighted by molar-refractivity contribution is -0.143. The summed E-state index contributed by atoms with van der Waals surface area (Å²) in [4.78, 5) is 15.1. The molecular weight excluding hydrogens is 571 g/mol. The Morgan fingerprint density at radius 2 is 1.51 bits per heavy atom. The molecule has 0 aromatic heterocycles. The van der Waals surface area contributed by atoms with Gasteiger partial charge < -0.3 is 15.4 Å². The normalized spacial score (nSPS) is 17.8. The minimum atomic E-state index is -5.14. The van der Waals surface area contributed by atoms with Gasteiger partial charge in [-0.1, -0.05) is 6.92 Å². The van der Waals surface area contributed by atoms with Crippen LogP contribution < -0.4 is 10.6 Å². The van der Waals surface area contributed by atoms with Crippen LogP contribution in [0.2, 0.25) is 0 Å². The Hall–Kier alpha value is -3.65. The highest BCUT2D eigenvalue weighted by atomic mass is 19.4. The van der Waals surface area contributed by atoms with Gasteiger partial charge in [-0.05, 0) is 74.2 Å². The molecule has 1 aliphatic rings. The van der Waals surface area contributed by atoms with E-state index in [0.29, 0.717) is 12.1 Å². The zero-order chi connectivity index (χ0) is 31.1. The fraction of sp³-hybridized carbons (Fsp3) is 0.462. The Labute approximate surface area is 229 Å². The van der Waals surface area contributed by atoms with Crippen LogP contribution in [0.25, 0.3) is 0 Å². The van der Waals surface area contributed by atoms with Gasteiger partial charge >= 0.3 is 24.6 Å². The van der Waals surface area contributed by atoms with Crippen molar-refractivity contribution in [2.45, 2.75) is 76.9 Å². The Kier molecular flexibility index (Phi) is 8.80. The zero-order valence-electron chi connectivity index (χ0n) is 22.0. The lowest BCUT2D eigenvalue weighted by Crippen LogP contribution is -2.50. The number of halogens is 9. The second-order valence-corrected chi connectivity index (χ2v) is 9.81. The summed E-state index contributed by atoms with van der Waals surface area (Å²) in [6.45, 7) is 4.05. The number of carbonyl (C=O) groups is 1. The molecule has 2 aromatic rings. The third kappa shape index (κ3) is 7.17. The summed E-state index contributed by atoms with van der Waals surface area (Å²) in [5.74, 6) is -0.808. The summed E-state index contributed by atoms with van der Waals surface area (Å²) in [7, 11) is 0. The van der Waals surface area contributed by atoms with Crippen molar-refractivity contribution in [1.29, 1.82) is 5.41 Å². The van der Waals surface area contributed by atoms with Crippen LogP contribution in [-0.4, -0.2) is 29.1 Å². The molecule has 41 heavy (non-hydrogen) atoms. The monoisotopic (exact) mass is 598 g/mol. The molecule has 1 heterocycles. The van der Waals surface area contributed by atoms with Gasteiger partial charge in [0, 0.05) is 12.6 Å². The number of benzene rings is 2. The molecule has 2 aromatic carbocycles. The molecule has 0 saturated heterocycles. The molecule has 3 rings (SSSR count). The SMILES string of the molecule is CCC1CC(N(Cc2cc(C(F)(F)F)cc(C(F)(F)F)c2)C(=N)N)c2cc(C(F)(F)F)ccc2N1C(=O)OC(C)C. The Morgan fingerprint density at radius 1 is 0.976 bits per heavy atom. The van der Waals surface area contributed by atoms with Crippen LogP contribution in [0.4, 0.5) is 50.0 Å². The van der Waals surface area contributed by atoms with E-state index in [1.54, 1.807) is 20.8 Å². The van der Waals surface area contributed by atoms with E-state index >= 15 is 0 Å². The summed E-state index contributed by atoms with van der Waals surface area (Å²) < 4.78 is 127. The maximum Gasteiger partial charge on any atom is 0.416 e. The third-order valence-corrected chi connectivity index (χ3v) is 6.52. The van der Waals surface area contributed by atoms with Crippen molar-refractivity contribution in [3.8, 4) is 0 Å². The van der Waals surface area contributed by atoms with Gasteiger partial charge in [-0.3, -0.25) is 10.3 Å². The molecule has 6 nitrogen and oxygen atoms in total. The van der Waals surface area contributed by atoms with Gasteiger partial charge in [0.25, 0.3) is 0 Å². The van der Waals surface area contributed by atoms with Crippen LogP contribution in [0.15, 0.2) is 36.4 Å². The van der Waals surface area contributed by atoms with Crippen LogP contribution in [0.5, 0.6) is 0 Å². The topological polar surface area (TPSA) is 82.7 Å². The summed E-state index contributed by atoms with van der Waals surface area (Å²) in [5, 5.41) is 8.09. The van der Waals surface area contributed by atoms with Crippen molar-refractivity contribution >= 4 is 17.7 Å². The van der Waals surface area contributed by atoms with Crippen molar-refractivity contribution in [3.05, 3.63) is 64.2 Å². The molecule has 0 radical (unpaired) electrons. The summed E-state index contributed by atoms with van der Waals surface area (Å²) in [6.07, 6.45) is -16.4. The number of guanidine groups is 1. The number of amides is 1. The Bertz CT molecular complexity index is 1260. The number of ether oxygens (including phenoxy) is 1. The molecule has 0 fully saturated rings. The van der Waals surface area contributed by atoms with Crippen molar-refractivity contribution in [2.75, 3.05) is 4.90 Å². The molecule has 0 spiro atoms. The van der Waals surface area contributed by atoms with E-state index in [1.165, 1.54) is 0 Å². The summed E-state index contributed by atoms with van der Waals surface area (Å²) in [5.41, 5.74) is 0.737. The number of hydrogen-bond acceptors (Lipinski definition) is 3. The van der Waals surface area contributed by atoms with E-state index in [9.17, 15) is 44.3 Å². The number of nitrogens with two attached hydrogens (primary N) is 1. The van der Waals surface area contributed by atoms with E-state index in [0.717, 1.165) is 28.0 Å². The zero-order valence-corrected chi connectivity index (χ0v) is 22.0. The van der Waals surface area contributed by atoms with Crippen LogP contribution >= 0.6 is 0 Å². The highest BCUT2D eigenvalue weighted by Crippen LogP contribution is 2.45. The van der Waals surface area contributed by atoms with Gasteiger partial charge in [0.1, 0.15) is 0 Å². The van der Waals surface area contributed by atoms with E-state index in [2.05, 4.69) is 0 Å². The van der Waals surface area contributed by atoms with Crippen LogP contribution in [0.1, 0.15) is 67.5 Å². The first-order chi connectivity index (χ1) is 18.7. The van der Waals surface area contributed by atoms with Crippen LogP contribution in [-0.2, 0) is 29.8 Å². The molecule has 226 valence electrons. The average Bonchev–Trinajstić information content (AvgIpc) is 2.83. The van der Waals surface area contributed by atoms with Crippen molar-refractivity contribution in [1.82, 2.24) is 4.90 Å². The molecule has 0 aliphatic carbocycles. The predicted octanol–water partition coefficient (Wildman–Crippen LogP) is 7.71.